The van der Waals surface area contributed by atoms with Crippen molar-refractivity contribution in [3.63, 3.8) is 0 Å². The Labute approximate surface area is 161 Å². The quantitative estimate of drug-likeness (QED) is 0.880. The molecular weight excluding hydrogens is 334 g/mol. The lowest BCUT2D eigenvalue weighted by Crippen LogP contribution is -2.65. The highest BCUT2D eigenvalue weighted by molar-refractivity contribution is 5.43. The Balaban J connectivity index is 1.78. The molecule has 2 aromatic rings. The van der Waals surface area contributed by atoms with E-state index in [2.05, 4.69) is 48.9 Å². The van der Waals surface area contributed by atoms with Crippen molar-refractivity contribution in [3.05, 3.63) is 65.0 Å². The molecule has 140 valence electrons. The van der Waals surface area contributed by atoms with Gasteiger partial charge in [-0.25, -0.2) is 0 Å². The molecule has 1 aromatic carbocycles. The van der Waals surface area contributed by atoms with Crippen LogP contribution in [-0.4, -0.2) is 34.1 Å². The predicted octanol–water partition coefficient (Wildman–Crippen LogP) is 3.80. The fourth-order valence-corrected chi connectivity index (χ4v) is 4.45. The molecule has 4 heteroatoms. The van der Waals surface area contributed by atoms with Crippen molar-refractivity contribution in [2.75, 3.05) is 13.1 Å². The van der Waals surface area contributed by atoms with Gasteiger partial charge in [-0.15, -0.1) is 0 Å². The number of pyridine rings is 1. The van der Waals surface area contributed by atoms with Gasteiger partial charge in [-0.05, 0) is 36.0 Å². The second kappa shape index (κ2) is 6.44. The van der Waals surface area contributed by atoms with Crippen LogP contribution in [0.4, 0.5) is 0 Å². The normalized spacial score (nSPS) is 21.3. The van der Waals surface area contributed by atoms with Crippen LogP contribution >= 0.6 is 0 Å². The van der Waals surface area contributed by atoms with Crippen molar-refractivity contribution in [1.82, 2.24) is 9.88 Å². The van der Waals surface area contributed by atoms with Gasteiger partial charge in [0, 0.05) is 42.5 Å². The molecule has 2 fully saturated rings. The van der Waals surface area contributed by atoms with Gasteiger partial charge in [0.25, 0.3) is 0 Å². The van der Waals surface area contributed by atoms with Gasteiger partial charge in [0.1, 0.15) is 11.7 Å². The maximum absolute atomic E-state index is 12.1. The molecule has 0 spiro atoms. The summed E-state index contributed by atoms with van der Waals surface area (Å²) in [5, 5.41) is 21.4. The molecule has 1 atom stereocenters. The summed E-state index contributed by atoms with van der Waals surface area (Å²) in [6.07, 6.45) is 5.79. The van der Waals surface area contributed by atoms with E-state index < -0.39 is 5.60 Å². The fraction of sp³-hybridized carbons (Fsp3) is 0.478. The number of rotatable bonds is 5. The summed E-state index contributed by atoms with van der Waals surface area (Å²) >= 11 is 0. The third-order valence-electron chi connectivity index (χ3n) is 6.32. The smallest absolute Gasteiger partial charge is 0.124 e. The zero-order valence-electron chi connectivity index (χ0n) is 16.3. The standard InChI is InChI=1S/C23H27N3O/c1-16(2)18-4-6-19(7-5-18)23(27,20-10-17(11-24)12-25-13-20)22(3)14-26(15-22)21-8-9-21/h4-7,10,12-13,16,21,27H,8-9,14-15H2,1-3H3/t23-/m0/s1. The van der Waals surface area contributed by atoms with Crippen LogP contribution in [0.3, 0.4) is 0 Å². The van der Waals surface area contributed by atoms with Crippen LogP contribution < -0.4 is 0 Å². The van der Waals surface area contributed by atoms with Crippen molar-refractivity contribution in [2.45, 2.75) is 51.2 Å². The lowest BCUT2D eigenvalue weighted by atomic mass is 9.62. The van der Waals surface area contributed by atoms with E-state index in [1.807, 2.05) is 12.1 Å². The molecule has 2 heterocycles. The van der Waals surface area contributed by atoms with Gasteiger partial charge >= 0.3 is 0 Å². The zero-order valence-corrected chi connectivity index (χ0v) is 16.3. The number of hydrogen-bond acceptors (Lipinski definition) is 4. The van der Waals surface area contributed by atoms with Gasteiger partial charge < -0.3 is 5.11 Å². The van der Waals surface area contributed by atoms with Crippen LogP contribution in [0.5, 0.6) is 0 Å². The molecule has 1 saturated carbocycles. The number of likely N-dealkylation sites (tertiary alicyclic amines) is 1. The highest BCUT2D eigenvalue weighted by atomic mass is 16.3. The van der Waals surface area contributed by atoms with Gasteiger partial charge in [-0.1, -0.05) is 45.0 Å². The third kappa shape index (κ3) is 2.96. The Morgan fingerprint density at radius 3 is 2.41 bits per heavy atom. The lowest BCUT2D eigenvalue weighted by Gasteiger charge is -2.57. The first-order valence-electron chi connectivity index (χ1n) is 9.80. The van der Waals surface area contributed by atoms with Crippen LogP contribution in [0.1, 0.15) is 61.8 Å². The summed E-state index contributed by atoms with van der Waals surface area (Å²) in [4.78, 5) is 6.70. The van der Waals surface area contributed by atoms with Crippen LogP contribution in [0.15, 0.2) is 42.7 Å². The van der Waals surface area contributed by atoms with Crippen LogP contribution in [0.2, 0.25) is 0 Å². The second-order valence-electron chi connectivity index (χ2n) is 8.76. The molecule has 2 aliphatic rings. The minimum absolute atomic E-state index is 0.315. The van der Waals surface area contributed by atoms with E-state index in [-0.39, 0.29) is 5.41 Å². The Morgan fingerprint density at radius 2 is 1.85 bits per heavy atom. The Hall–Kier alpha value is -2.22. The second-order valence-corrected chi connectivity index (χ2v) is 8.76. The maximum Gasteiger partial charge on any atom is 0.124 e. The minimum atomic E-state index is -1.17. The van der Waals surface area contributed by atoms with E-state index in [1.54, 1.807) is 18.5 Å². The van der Waals surface area contributed by atoms with E-state index in [0.717, 1.165) is 18.7 Å². The van der Waals surface area contributed by atoms with Crippen LogP contribution in [0.25, 0.3) is 0 Å². The number of benzene rings is 1. The van der Waals surface area contributed by atoms with Gasteiger partial charge in [0.05, 0.1) is 5.56 Å². The SMILES string of the molecule is CC(C)c1ccc([C@](O)(c2cncc(C#N)c2)C2(C)CN(C3CC3)C2)cc1. The van der Waals surface area contributed by atoms with E-state index in [9.17, 15) is 10.4 Å². The maximum atomic E-state index is 12.1. The molecule has 1 N–H and O–H groups in total. The molecule has 27 heavy (non-hydrogen) atoms. The largest absolute Gasteiger partial charge is 0.380 e. The van der Waals surface area contributed by atoms with Crippen molar-refractivity contribution in [3.8, 4) is 6.07 Å². The topological polar surface area (TPSA) is 60.2 Å². The number of aromatic nitrogens is 1. The third-order valence-corrected chi connectivity index (χ3v) is 6.32. The summed E-state index contributed by atoms with van der Waals surface area (Å²) in [6, 6.07) is 12.9. The van der Waals surface area contributed by atoms with Crippen LogP contribution in [-0.2, 0) is 5.60 Å². The number of aliphatic hydroxyl groups is 1. The lowest BCUT2D eigenvalue weighted by molar-refractivity contribution is -0.138. The number of nitriles is 1. The van der Waals surface area contributed by atoms with Gasteiger partial charge in [0.15, 0.2) is 0 Å². The van der Waals surface area contributed by atoms with Gasteiger partial charge in [-0.3, -0.25) is 9.88 Å². The molecule has 1 aliphatic heterocycles. The minimum Gasteiger partial charge on any atom is -0.380 e. The zero-order chi connectivity index (χ0) is 19.2. The summed E-state index contributed by atoms with van der Waals surface area (Å²) in [7, 11) is 0. The van der Waals surface area contributed by atoms with Crippen molar-refractivity contribution < 1.29 is 5.11 Å². The first kappa shape index (κ1) is 18.2. The molecule has 0 radical (unpaired) electrons. The molecular formula is C23H27N3O. The Bertz CT molecular complexity index is 873. The summed E-state index contributed by atoms with van der Waals surface area (Å²) in [6.45, 7) is 8.21. The molecule has 1 aromatic heterocycles. The number of hydrogen-bond donors (Lipinski definition) is 1. The molecule has 1 aliphatic carbocycles. The molecule has 0 amide bonds. The number of nitrogens with zero attached hydrogens (tertiary/aromatic N) is 3. The Morgan fingerprint density at radius 1 is 1.19 bits per heavy atom. The van der Waals surface area contributed by atoms with E-state index in [4.69, 9.17) is 0 Å². The highest BCUT2D eigenvalue weighted by Crippen LogP contribution is 2.52. The average molecular weight is 361 g/mol. The van der Waals surface area contributed by atoms with E-state index in [0.29, 0.717) is 23.1 Å². The van der Waals surface area contributed by atoms with Crippen molar-refractivity contribution in [1.29, 1.82) is 5.26 Å². The fourth-order valence-electron chi connectivity index (χ4n) is 4.45. The van der Waals surface area contributed by atoms with Gasteiger partial charge in [0.2, 0.25) is 0 Å². The molecule has 4 rings (SSSR count). The predicted molar refractivity (Wildman–Crippen MR) is 105 cm³/mol. The van der Waals surface area contributed by atoms with E-state index >= 15 is 0 Å². The Kier molecular flexibility index (Phi) is 4.33. The summed E-state index contributed by atoms with van der Waals surface area (Å²) in [5.41, 5.74) is 1.83. The van der Waals surface area contributed by atoms with Crippen molar-refractivity contribution >= 4 is 0 Å². The van der Waals surface area contributed by atoms with Gasteiger partial charge in [-0.2, -0.15) is 5.26 Å². The molecule has 0 unspecified atom stereocenters. The summed E-state index contributed by atoms with van der Waals surface area (Å²) < 4.78 is 0. The van der Waals surface area contributed by atoms with Crippen molar-refractivity contribution in [2.24, 2.45) is 5.41 Å². The molecule has 0 bridgehead atoms. The van der Waals surface area contributed by atoms with Crippen LogP contribution in [0, 0.1) is 16.7 Å². The molecule has 4 nitrogen and oxygen atoms in total. The monoisotopic (exact) mass is 361 g/mol. The summed E-state index contributed by atoms with van der Waals surface area (Å²) in [5.74, 6) is 0.445. The average Bonchev–Trinajstić information content (AvgIpc) is 3.49. The highest BCUT2D eigenvalue weighted by Gasteiger charge is 2.58. The first-order chi connectivity index (χ1) is 12.9. The first-order valence-corrected chi connectivity index (χ1v) is 9.80. The molecule has 1 saturated heterocycles. The van der Waals surface area contributed by atoms with E-state index in [1.165, 1.54) is 18.4 Å².